The van der Waals surface area contributed by atoms with Gasteiger partial charge in [-0.2, -0.15) is 13.2 Å². The van der Waals surface area contributed by atoms with E-state index in [1.165, 1.54) is 30.0 Å². The molecule has 27 heavy (non-hydrogen) atoms. The van der Waals surface area contributed by atoms with E-state index >= 15 is 0 Å². The summed E-state index contributed by atoms with van der Waals surface area (Å²) in [5, 5.41) is 4.62. The number of hydrogen-bond acceptors (Lipinski definition) is 4. The molecule has 0 aliphatic carbocycles. The van der Waals surface area contributed by atoms with Crippen LogP contribution in [0.2, 0.25) is 0 Å². The van der Waals surface area contributed by atoms with Crippen molar-refractivity contribution < 1.29 is 27.5 Å². The highest BCUT2D eigenvalue weighted by atomic mass is 32.2. The fraction of sp³-hybridized carbons (Fsp3) is 0.222. The average Bonchev–Trinajstić information content (AvgIpc) is 2.61. The Morgan fingerprint density at radius 3 is 2.63 bits per heavy atom. The van der Waals surface area contributed by atoms with Gasteiger partial charge in [0.25, 0.3) is 0 Å². The molecule has 2 N–H and O–H groups in total. The summed E-state index contributed by atoms with van der Waals surface area (Å²) in [6.07, 6.45) is -4.61. The van der Waals surface area contributed by atoms with Crippen LogP contribution in [0, 0.1) is 0 Å². The lowest BCUT2D eigenvalue weighted by atomic mass is 10.2. The largest absolute Gasteiger partial charge is 0.482 e. The summed E-state index contributed by atoms with van der Waals surface area (Å²) in [4.78, 5) is 25.3. The molecule has 3 rings (SSSR count). The molecule has 0 radical (unpaired) electrons. The molecule has 5 nitrogen and oxygen atoms in total. The van der Waals surface area contributed by atoms with Crippen molar-refractivity contribution in [1.82, 2.24) is 0 Å². The van der Waals surface area contributed by atoms with Crippen LogP contribution in [0.25, 0.3) is 0 Å². The van der Waals surface area contributed by atoms with Gasteiger partial charge in [0, 0.05) is 11.3 Å². The van der Waals surface area contributed by atoms with Crippen LogP contribution in [0.3, 0.4) is 0 Å². The lowest BCUT2D eigenvalue weighted by molar-refractivity contribution is -0.153. The number of benzene rings is 2. The molecule has 2 aromatic rings. The first kappa shape index (κ1) is 19.1. The van der Waals surface area contributed by atoms with E-state index < -0.39 is 23.9 Å². The Hall–Kier alpha value is -2.68. The number of carbonyl (C=O) groups excluding carboxylic acids is 2. The van der Waals surface area contributed by atoms with Gasteiger partial charge in [-0.25, -0.2) is 0 Å². The maximum absolute atomic E-state index is 12.3. The summed E-state index contributed by atoms with van der Waals surface area (Å²) >= 11 is 1.27. The van der Waals surface area contributed by atoms with Gasteiger partial charge in [-0.05, 0) is 24.3 Å². The minimum absolute atomic E-state index is 0.0886. The number of alkyl halides is 3. The van der Waals surface area contributed by atoms with E-state index in [0.29, 0.717) is 5.69 Å². The highest BCUT2D eigenvalue weighted by molar-refractivity contribution is 8.01. The van der Waals surface area contributed by atoms with Gasteiger partial charge in [0.15, 0.2) is 6.61 Å². The fourth-order valence-corrected chi connectivity index (χ4v) is 3.56. The molecule has 0 aromatic heterocycles. The quantitative estimate of drug-likeness (QED) is 0.800. The van der Waals surface area contributed by atoms with E-state index in [9.17, 15) is 22.8 Å². The Balaban J connectivity index is 1.64. The molecule has 2 aromatic carbocycles. The number of halogens is 3. The van der Waals surface area contributed by atoms with Crippen molar-refractivity contribution in [2.45, 2.75) is 22.7 Å². The molecule has 1 heterocycles. The van der Waals surface area contributed by atoms with Crippen LogP contribution in [0.15, 0.2) is 53.4 Å². The van der Waals surface area contributed by atoms with Gasteiger partial charge >= 0.3 is 6.18 Å². The molecular formula is C18H15F3N2O3S. The van der Waals surface area contributed by atoms with Crippen LogP contribution >= 0.6 is 11.8 Å². The van der Waals surface area contributed by atoms with Crippen LogP contribution in [-0.4, -0.2) is 29.8 Å². The van der Waals surface area contributed by atoms with Gasteiger partial charge in [-0.15, -0.1) is 11.8 Å². The summed E-state index contributed by atoms with van der Waals surface area (Å²) in [5.74, 6) is -0.880. The third-order valence-corrected chi connectivity index (χ3v) is 4.91. The van der Waals surface area contributed by atoms with Crippen LogP contribution < -0.4 is 15.4 Å². The zero-order valence-electron chi connectivity index (χ0n) is 13.9. The monoisotopic (exact) mass is 396 g/mol. The predicted molar refractivity (Wildman–Crippen MR) is 96.0 cm³/mol. The molecule has 1 unspecified atom stereocenters. The van der Waals surface area contributed by atoms with Gasteiger partial charge < -0.3 is 15.4 Å². The maximum Gasteiger partial charge on any atom is 0.422 e. The summed E-state index contributed by atoms with van der Waals surface area (Å²) in [6.45, 7) is -1.46. The van der Waals surface area contributed by atoms with E-state index in [2.05, 4.69) is 10.6 Å². The van der Waals surface area contributed by atoms with Crippen LogP contribution in [0.1, 0.15) is 6.42 Å². The third-order valence-electron chi connectivity index (χ3n) is 3.63. The number of anilines is 2. The summed E-state index contributed by atoms with van der Waals surface area (Å²) in [6, 6.07) is 13.1. The highest BCUT2D eigenvalue weighted by Gasteiger charge is 2.30. The third kappa shape index (κ3) is 5.16. The summed E-state index contributed by atoms with van der Waals surface area (Å²) < 4.78 is 41.8. The lowest BCUT2D eigenvalue weighted by Gasteiger charge is -2.23. The van der Waals surface area contributed by atoms with Crippen LogP contribution in [-0.2, 0) is 9.59 Å². The van der Waals surface area contributed by atoms with E-state index in [-0.39, 0.29) is 23.8 Å². The first-order chi connectivity index (χ1) is 12.8. The van der Waals surface area contributed by atoms with Gasteiger partial charge in [-0.1, -0.05) is 24.3 Å². The van der Waals surface area contributed by atoms with Crippen molar-refractivity contribution in [2.24, 2.45) is 0 Å². The normalized spacial score (nSPS) is 16.3. The number of para-hydroxylation sites is 3. The van der Waals surface area contributed by atoms with Crippen molar-refractivity contribution in [3.63, 3.8) is 0 Å². The van der Waals surface area contributed by atoms with E-state index in [4.69, 9.17) is 4.74 Å². The number of carbonyl (C=O) groups is 2. The minimum Gasteiger partial charge on any atom is -0.482 e. The number of fused-ring (bicyclic) bond motifs is 1. The van der Waals surface area contributed by atoms with Crippen LogP contribution in [0.4, 0.5) is 24.5 Å². The van der Waals surface area contributed by atoms with Gasteiger partial charge in [0.2, 0.25) is 11.8 Å². The van der Waals surface area contributed by atoms with Crippen molar-refractivity contribution in [3.8, 4) is 5.75 Å². The topological polar surface area (TPSA) is 67.4 Å². The molecule has 142 valence electrons. The molecule has 0 spiro atoms. The molecule has 9 heteroatoms. The van der Waals surface area contributed by atoms with E-state index in [1.54, 1.807) is 18.2 Å². The first-order valence-electron chi connectivity index (χ1n) is 7.97. The molecular weight excluding hydrogens is 381 g/mol. The number of rotatable bonds is 5. The Bertz CT molecular complexity index is 858. The van der Waals surface area contributed by atoms with Crippen molar-refractivity contribution in [1.29, 1.82) is 0 Å². The maximum atomic E-state index is 12.3. The number of hydrogen-bond donors (Lipinski definition) is 2. The van der Waals surface area contributed by atoms with Crippen LogP contribution in [0.5, 0.6) is 5.75 Å². The summed E-state index contributed by atoms with van der Waals surface area (Å²) in [7, 11) is 0. The SMILES string of the molecule is O=C(CC1Sc2ccccc2NC1=O)Nc1ccccc1OCC(F)(F)F. The molecule has 0 fully saturated rings. The average molecular weight is 396 g/mol. The smallest absolute Gasteiger partial charge is 0.422 e. The second-order valence-corrected chi connectivity index (χ2v) is 6.99. The highest BCUT2D eigenvalue weighted by Crippen LogP contribution is 2.37. The zero-order valence-corrected chi connectivity index (χ0v) is 14.7. The van der Waals surface area contributed by atoms with E-state index in [0.717, 1.165) is 4.90 Å². The van der Waals surface area contributed by atoms with Crippen molar-refractivity contribution in [3.05, 3.63) is 48.5 Å². The second kappa shape index (κ2) is 7.91. The number of nitrogens with one attached hydrogen (secondary N) is 2. The number of amides is 2. The fourth-order valence-electron chi connectivity index (χ4n) is 2.45. The van der Waals surface area contributed by atoms with Gasteiger partial charge in [0.05, 0.1) is 16.6 Å². The molecule has 0 saturated heterocycles. The van der Waals surface area contributed by atoms with Gasteiger partial charge in [0.1, 0.15) is 5.75 Å². The number of thioether (sulfide) groups is 1. The molecule has 1 aliphatic heterocycles. The van der Waals surface area contributed by atoms with Gasteiger partial charge in [-0.3, -0.25) is 9.59 Å². The first-order valence-corrected chi connectivity index (χ1v) is 8.85. The summed E-state index contributed by atoms with van der Waals surface area (Å²) in [5.41, 5.74) is 0.809. The minimum atomic E-state index is -4.48. The molecule has 0 saturated carbocycles. The Labute approximate surface area is 157 Å². The standard InChI is InChI=1S/C18H15F3N2O3S/c19-18(20,21)10-26-13-7-3-1-5-11(13)22-16(24)9-15-17(25)23-12-6-2-4-8-14(12)27-15/h1-8,15H,9-10H2,(H,22,24)(H,23,25). The molecule has 0 bridgehead atoms. The molecule has 2 amide bonds. The lowest BCUT2D eigenvalue weighted by Crippen LogP contribution is -2.32. The molecule has 1 atom stereocenters. The Morgan fingerprint density at radius 2 is 1.85 bits per heavy atom. The Morgan fingerprint density at radius 1 is 1.15 bits per heavy atom. The van der Waals surface area contributed by atoms with Crippen molar-refractivity contribution >= 4 is 35.0 Å². The zero-order chi connectivity index (χ0) is 19.4. The number of ether oxygens (including phenoxy) is 1. The van der Waals surface area contributed by atoms with E-state index in [1.807, 2.05) is 12.1 Å². The molecule has 1 aliphatic rings. The predicted octanol–water partition coefficient (Wildman–Crippen LogP) is 4.07. The Kier molecular flexibility index (Phi) is 5.59. The van der Waals surface area contributed by atoms with Crippen molar-refractivity contribution in [2.75, 3.05) is 17.2 Å². The second-order valence-electron chi connectivity index (χ2n) is 5.74.